The van der Waals surface area contributed by atoms with Gasteiger partial charge in [-0.2, -0.15) is 13.2 Å². The third-order valence-electron chi connectivity index (χ3n) is 4.45. The zero-order chi connectivity index (χ0) is 18.7. The van der Waals surface area contributed by atoms with Gasteiger partial charge in [0.15, 0.2) is 0 Å². The number of hydrogen-bond acceptors (Lipinski definition) is 2. The summed E-state index contributed by atoms with van der Waals surface area (Å²) in [6.45, 7) is 7.78. The van der Waals surface area contributed by atoms with Crippen LogP contribution in [0, 0.1) is 5.92 Å². The highest BCUT2D eigenvalue weighted by Gasteiger charge is 2.36. The molecule has 2 N–H and O–H groups in total. The Morgan fingerprint density at radius 3 is 2.20 bits per heavy atom. The van der Waals surface area contributed by atoms with Crippen molar-refractivity contribution in [3.8, 4) is 0 Å². The van der Waals surface area contributed by atoms with Crippen LogP contribution in [0.25, 0.3) is 0 Å². The van der Waals surface area contributed by atoms with E-state index in [-0.39, 0.29) is 24.4 Å². The maximum absolute atomic E-state index is 12.9. The first-order valence-electron chi connectivity index (χ1n) is 8.06. The number of nitrogens with zero attached hydrogens (tertiary/aromatic N) is 1. The minimum Gasteiger partial charge on any atom is -0.345 e. The molecule has 144 valence electrons. The fourth-order valence-corrected chi connectivity index (χ4v) is 2.46. The zero-order valence-corrected chi connectivity index (χ0v) is 16.2. The Morgan fingerprint density at radius 2 is 1.72 bits per heavy atom. The van der Waals surface area contributed by atoms with Crippen LogP contribution in [0.1, 0.15) is 45.2 Å². The molecule has 0 aliphatic carbocycles. The smallest absolute Gasteiger partial charge is 0.345 e. The topological polar surface area (TPSA) is 46.3 Å². The van der Waals surface area contributed by atoms with E-state index in [9.17, 15) is 18.0 Å². The molecule has 7 heteroatoms. The molecule has 1 aromatic rings. The minimum atomic E-state index is -4.43. The molecule has 0 spiro atoms. The molecule has 0 saturated heterocycles. The second-order valence-electron chi connectivity index (χ2n) is 7.13. The van der Waals surface area contributed by atoms with Crippen molar-refractivity contribution in [2.24, 2.45) is 11.7 Å². The second-order valence-corrected chi connectivity index (χ2v) is 7.13. The van der Waals surface area contributed by atoms with Crippen LogP contribution in [0.4, 0.5) is 13.2 Å². The lowest BCUT2D eigenvalue weighted by molar-refractivity contribution is -0.138. The van der Waals surface area contributed by atoms with Crippen molar-refractivity contribution in [3.05, 3.63) is 35.4 Å². The quantitative estimate of drug-likeness (QED) is 0.802. The molecule has 0 fully saturated rings. The molecule has 0 saturated carbocycles. The van der Waals surface area contributed by atoms with Crippen molar-refractivity contribution in [2.75, 3.05) is 13.6 Å². The zero-order valence-electron chi connectivity index (χ0n) is 15.4. The summed E-state index contributed by atoms with van der Waals surface area (Å²) in [7, 11) is 1.66. The molecule has 1 aromatic carbocycles. The average molecular weight is 381 g/mol. The van der Waals surface area contributed by atoms with Gasteiger partial charge >= 0.3 is 6.18 Å². The molecule has 1 atom stereocenters. The number of carbonyl (C=O) groups excluding carboxylic acids is 1. The Hall–Kier alpha value is -1.27. The van der Waals surface area contributed by atoms with Crippen LogP contribution < -0.4 is 5.73 Å². The van der Waals surface area contributed by atoms with Crippen molar-refractivity contribution >= 4 is 18.3 Å². The number of nitrogens with two attached hydrogens (primary N) is 1. The number of rotatable bonds is 6. The third-order valence-corrected chi connectivity index (χ3v) is 4.45. The van der Waals surface area contributed by atoms with Gasteiger partial charge in [0.25, 0.3) is 0 Å². The Labute approximate surface area is 154 Å². The van der Waals surface area contributed by atoms with Crippen LogP contribution in [0.2, 0.25) is 0 Å². The lowest BCUT2D eigenvalue weighted by Crippen LogP contribution is -2.43. The summed E-state index contributed by atoms with van der Waals surface area (Å²) in [4.78, 5) is 14.3. The standard InChI is InChI=1S/C18H27F3N2O.ClH/c1-12(2)15(22)9-10-23(5)16(24)17(3,4)13-7-6-8-14(11-13)18(19,20)21;/h6-8,11-12,15H,9-10,22H2,1-5H3;1H. The lowest BCUT2D eigenvalue weighted by Gasteiger charge is -2.31. The molecular weight excluding hydrogens is 353 g/mol. The van der Waals surface area contributed by atoms with E-state index in [1.807, 2.05) is 13.8 Å². The van der Waals surface area contributed by atoms with Gasteiger partial charge in [0.1, 0.15) is 0 Å². The highest BCUT2D eigenvalue weighted by molar-refractivity contribution is 5.87. The van der Waals surface area contributed by atoms with E-state index >= 15 is 0 Å². The van der Waals surface area contributed by atoms with Crippen LogP contribution in [-0.2, 0) is 16.4 Å². The van der Waals surface area contributed by atoms with Gasteiger partial charge in [-0.25, -0.2) is 0 Å². The van der Waals surface area contributed by atoms with Gasteiger partial charge in [-0.1, -0.05) is 32.0 Å². The molecule has 0 heterocycles. The molecule has 0 aliphatic heterocycles. The Morgan fingerprint density at radius 1 is 1.20 bits per heavy atom. The monoisotopic (exact) mass is 380 g/mol. The molecule has 1 unspecified atom stereocenters. The number of amides is 1. The number of likely N-dealkylation sites (N-methyl/N-ethyl adjacent to an activating group) is 1. The molecule has 0 aliphatic rings. The van der Waals surface area contributed by atoms with Crippen molar-refractivity contribution < 1.29 is 18.0 Å². The normalized spacial score (nSPS) is 13.4. The van der Waals surface area contributed by atoms with Crippen LogP contribution in [-0.4, -0.2) is 30.4 Å². The van der Waals surface area contributed by atoms with Gasteiger partial charge < -0.3 is 10.6 Å². The van der Waals surface area contributed by atoms with Crippen molar-refractivity contribution in [3.63, 3.8) is 0 Å². The first-order chi connectivity index (χ1) is 10.9. The summed E-state index contributed by atoms with van der Waals surface area (Å²) in [6, 6.07) is 4.93. The number of carbonyl (C=O) groups is 1. The van der Waals surface area contributed by atoms with Crippen LogP contribution >= 0.6 is 12.4 Å². The molecule has 0 radical (unpaired) electrons. The van der Waals surface area contributed by atoms with E-state index < -0.39 is 17.2 Å². The van der Waals surface area contributed by atoms with Gasteiger partial charge in [0.05, 0.1) is 11.0 Å². The fourth-order valence-electron chi connectivity index (χ4n) is 2.46. The first kappa shape index (κ1) is 23.7. The van der Waals surface area contributed by atoms with Crippen molar-refractivity contribution in [1.29, 1.82) is 0 Å². The van der Waals surface area contributed by atoms with E-state index in [2.05, 4.69) is 0 Å². The van der Waals surface area contributed by atoms with Crippen molar-refractivity contribution in [1.82, 2.24) is 4.90 Å². The van der Waals surface area contributed by atoms with Gasteiger partial charge in [-0.3, -0.25) is 4.79 Å². The third kappa shape index (κ3) is 6.19. The fraction of sp³-hybridized carbons (Fsp3) is 0.611. The van der Waals surface area contributed by atoms with Crippen LogP contribution in [0.5, 0.6) is 0 Å². The van der Waals surface area contributed by atoms with Crippen LogP contribution in [0.3, 0.4) is 0 Å². The highest BCUT2D eigenvalue weighted by atomic mass is 35.5. The van der Waals surface area contributed by atoms with Gasteiger partial charge in [0, 0.05) is 19.6 Å². The number of alkyl halides is 3. The van der Waals surface area contributed by atoms with Gasteiger partial charge in [-0.15, -0.1) is 12.4 Å². The van der Waals surface area contributed by atoms with Crippen molar-refractivity contribution in [2.45, 2.75) is 51.7 Å². The van der Waals surface area contributed by atoms with E-state index in [1.54, 1.807) is 31.9 Å². The average Bonchev–Trinajstić information content (AvgIpc) is 2.50. The number of hydrogen-bond donors (Lipinski definition) is 1. The predicted octanol–water partition coefficient (Wildman–Crippen LogP) is 4.24. The Balaban J connectivity index is 0.00000576. The summed E-state index contributed by atoms with van der Waals surface area (Å²) in [6.07, 6.45) is -3.77. The largest absolute Gasteiger partial charge is 0.416 e. The summed E-state index contributed by atoms with van der Waals surface area (Å²) in [5.74, 6) is 0.0859. The molecule has 1 rings (SSSR count). The maximum atomic E-state index is 12.9. The SMILES string of the molecule is CC(C)C(N)CCN(C)C(=O)C(C)(C)c1cccc(C(F)(F)F)c1.Cl. The summed E-state index contributed by atoms with van der Waals surface area (Å²) in [5.41, 5.74) is 4.55. The molecule has 0 bridgehead atoms. The summed E-state index contributed by atoms with van der Waals surface area (Å²) in [5, 5.41) is 0. The highest BCUT2D eigenvalue weighted by Crippen LogP contribution is 2.33. The van der Waals surface area contributed by atoms with E-state index in [1.165, 1.54) is 6.07 Å². The molecule has 0 aromatic heterocycles. The Bertz CT molecular complexity index is 574. The van der Waals surface area contributed by atoms with Gasteiger partial charge in [0.2, 0.25) is 5.91 Å². The molecular formula is C18H28ClF3N2O. The van der Waals surface area contributed by atoms with E-state index in [0.717, 1.165) is 12.1 Å². The minimum absolute atomic E-state index is 0. The maximum Gasteiger partial charge on any atom is 0.416 e. The predicted molar refractivity (Wildman–Crippen MR) is 96.8 cm³/mol. The second kappa shape index (κ2) is 8.90. The van der Waals surface area contributed by atoms with E-state index in [0.29, 0.717) is 24.4 Å². The summed E-state index contributed by atoms with van der Waals surface area (Å²) >= 11 is 0. The van der Waals surface area contributed by atoms with Crippen LogP contribution in [0.15, 0.2) is 24.3 Å². The van der Waals surface area contributed by atoms with Gasteiger partial charge in [-0.05, 0) is 37.8 Å². The lowest BCUT2D eigenvalue weighted by atomic mass is 9.82. The number of benzene rings is 1. The Kier molecular flexibility index (Phi) is 8.45. The molecule has 3 nitrogen and oxygen atoms in total. The summed E-state index contributed by atoms with van der Waals surface area (Å²) < 4.78 is 38.7. The first-order valence-corrected chi connectivity index (χ1v) is 8.06. The molecule has 1 amide bonds. The van der Waals surface area contributed by atoms with E-state index in [4.69, 9.17) is 5.73 Å². The number of halogens is 4. The molecule has 25 heavy (non-hydrogen) atoms.